The van der Waals surface area contributed by atoms with Crippen LogP contribution < -0.4 is 5.11 Å². The van der Waals surface area contributed by atoms with Crippen LogP contribution >= 0.6 is 0 Å². The fourth-order valence-electron chi connectivity index (χ4n) is 0.532. The molecule has 2 N–H and O–H groups in total. The first kappa shape index (κ1) is 10.4. The SMILES string of the molecule is C=C(C)[O-].OC1COCC1O. The molecule has 1 heterocycles. The van der Waals surface area contributed by atoms with E-state index in [9.17, 15) is 5.11 Å². The lowest BCUT2D eigenvalue weighted by Crippen LogP contribution is -2.22. The molecule has 0 aromatic rings. The zero-order chi connectivity index (χ0) is 8.85. The zero-order valence-corrected chi connectivity index (χ0v) is 6.49. The largest absolute Gasteiger partial charge is 0.876 e. The minimum atomic E-state index is -0.653. The summed E-state index contributed by atoms with van der Waals surface area (Å²) in [5, 5.41) is 26.6. The summed E-state index contributed by atoms with van der Waals surface area (Å²) in [4.78, 5) is 0. The molecule has 0 bridgehead atoms. The Hall–Kier alpha value is -0.580. The summed E-state index contributed by atoms with van der Waals surface area (Å²) in [5.74, 6) is -0.0833. The molecule has 1 aliphatic heterocycles. The summed E-state index contributed by atoms with van der Waals surface area (Å²) in [6, 6.07) is 0. The van der Waals surface area contributed by atoms with E-state index < -0.39 is 12.2 Å². The molecule has 2 atom stereocenters. The third-order valence-corrected chi connectivity index (χ3v) is 1.02. The highest BCUT2D eigenvalue weighted by molar-refractivity contribution is 4.71. The van der Waals surface area contributed by atoms with Crippen LogP contribution in [0, 0.1) is 0 Å². The summed E-state index contributed by atoms with van der Waals surface area (Å²) in [6.45, 7) is 4.97. The number of allylic oxidation sites excluding steroid dienone is 1. The van der Waals surface area contributed by atoms with Crippen LogP contribution in [0.25, 0.3) is 0 Å². The summed E-state index contributed by atoms with van der Waals surface area (Å²) in [7, 11) is 0. The van der Waals surface area contributed by atoms with Gasteiger partial charge in [0.25, 0.3) is 0 Å². The smallest absolute Gasteiger partial charge is 0.105 e. The molecule has 66 valence electrons. The average Bonchev–Trinajstić information content (AvgIpc) is 2.15. The highest BCUT2D eigenvalue weighted by Gasteiger charge is 2.22. The van der Waals surface area contributed by atoms with Crippen LogP contribution in [0.1, 0.15) is 6.92 Å². The third kappa shape index (κ3) is 5.84. The maximum atomic E-state index is 9.33. The van der Waals surface area contributed by atoms with E-state index in [-0.39, 0.29) is 19.0 Å². The Kier molecular flexibility index (Phi) is 4.85. The predicted octanol–water partition coefficient (Wildman–Crippen LogP) is -1.38. The highest BCUT2D eigenvalue weighted by atomic mass is 16.5. The van der Waals surface area contributed by atoms with Crippen molar-refractivity contribution in [2.24, 2.45) is 0 Å². The third-order valence-electron chi connectivity index (χ3n) is 1.02. The molecule has 1 saturated heterocycles. The van der Waals surface area contributed by atoms with Crippen LogP contribution in [0.15, 0.2) is 12.3 Å². The molecule has 0 saturated carbocycles. The Bertz CT molecular complexity index is 112. The van der Waals surface area contributed by atoms with Gasteiger partial charge < -0.3 is 20.1 Å². The van der Waals surface area contributed by atoms with Gasteiger partial charge in [0, 0.05) is 0 Å². The van der Waals surface area contributed by atoms with E-state index in [0.717, 1.165) is 0 Å². The summed E-state index contributed by atoms with van der Waals surface area (Å²) in [6.07, 6.45) is -1.31. The summed E-state index contributed by atoms with van der Waals surface area (Å²) in [5.41, 5.74) is 0. The quantitative estimate of drug-likeness (QED) is 0.429. The predicted molar refractivity (Wildman–Crippen MR) is 37.6 cm³/mol. The molecule has 0 radical (unpaired) electrons. The van der Waals surface area contributed by atoms with Gasteiger partial charge in [-0.3, -0.25) is 0 Å². The van der Waals surface area contributed by atoms with Crippen molar-refractivity contribution < 1.29 is 20.1 Å². The first-order chi connectivity index (χ1) is 5.04. The lowest BCUT2D eigenvalue weighted by Gasteiger charge is -2.00. The molecule has 4 nitrogen and oxygen atoms in total. The molecule has 0 aromatic heterocycles. The van der Waals surface area contributed by atoms with Crippen molar-refractivity contribution in [1.29, 1.82) is 0 Å². The van der Waals surface area contributed by atoms with Crippen molar-refractivity contribution >= 4 is 0 Å². The maximum absolute atomic E-state index is 9.33. The summed E-state index contributed by atoms with van der Waals surface area (Å²) < 4.78 is 4.67. The molecule has 4 heteroatoms. The van der Waals surface area contributed by atoms with Crippen molar-refractivity contribution in [2.75, 3.05) is 13.2 Å². The van der Waals surface area contributed by atoms with Crippen molar-refractivity contribution in [2.45, 2.75) is 19.1 Å². The second kappa shape index (κ2) is 5.12. The molecule has 0 aromatic carbocycles. The Labute approximate surface area is 65.7 Å². The molecule has 1 fully saturated rings. The molecular formula is C7H13O4-. The minimum Gasteiger partial charge on any atom is -0.876 e. The molecule has 1 aliphatic rings. The Morgan fingerprint density at radius 2 is 1.73 bits per heavy atom. The van der Waals surface area contributed by atoms with E-state index in [1.165, 1.54) is 6.92 Å². The van der Waals surface area contributed by atoms with E-state index in [0.29, 0.717) is 0 Å². The number of aliphatic hydroxyl groups is 2. The molecule has 0 amide bonds. The van der Waals surface area contributed by atoms with E-state index in [2.05, 4.69) is 11.3 Å². The number of hydrogen-bond acceptors (Lipinski definition) is 4. The van der Waals surface area contributed by atoms with Gasteiger partial charge in [0.15, 0.2) is 0 Å². The van der Waals surface area contributed by atoms with E-state index >= 15 is 0 Å². The van der Waals surface area contributed by atoms with Crippen molar-refractivity contribution in [3.05, 3.63) is 12.3 Å². The second-order valence-corrected chi connectivity index (χ2v) is 2.37. The first-order valence-corrected chi connectivity index (χ1v) is 3.30. The molecule has 2 unspecified atom stereocenters. The molecular weight excluding hydrogens is 148 g/mol. The monoisotopic (exact) mass is 161 g/mol. The lowest BCUT2D eigenvalue weighted by atomic mass is 10.3. The van der Waals surface area contributed by atoms with Crippen LogP contribution in [0.2, 0.25) is 0 Å². The number of hydrogen-bond donors (Lipinski definition) is 2. The van der Waals surface area contributed by atoms with Gasteiger partial charge in [0.05, 0.1) is 13.2 Å². The fraction of sp³-hybridized carbons (Fsp3) is 0.714. The molecule has 11 heavy (non-hydrogen) atoms. The Balaban J connectivity index is 0.000000218. The van der Waals surface area contributed by atoms with Gasteiger partial charge in [-0.15, -0.1) is 12.3 Å². The molecule has 1 rings (SSSR count). The van der Waals surface area contributed by atoms with Gasteiger partial charge in [0.1, 0.15) is 12.2 Å². The second-order valence-electron chi connectivity index (χ2n) is 2.37. The Morgan fingerprint density at radius 3 is 1.82 bits per heavy atom. The highest BCUT2D eigenvalue weighted by Crippen LogP contribution is 2.02. The molecule has 0 aliphatic carbocycles. The van der Waals surface area contributed by atoms with Gasteiger partial charge in [-0.25, -0.2) is 0 Å². The van der Waals surface area contributed by atoms with Gasteiger partial charge >= 0.3 is 0 Å². The van der Waals surface area contributed by atoms with Gasteiger partial charge in [-0.05, 0) is 0 Å². The lowest BCUT2D eigenvalue weighted by molar-refractivity contribution is -0.300. The number of ether oxygens (including phenoxy) is 1. The van der Waals surface area contributed by atoms with Gasteiger partial charge in [-0.2, -0.15) is 0 Å². The fourth-order valence-corrected chi connectivity index (χ4v) is 0.532. The van der Waals surface area contributed by atoms with Crippen molar-refractivity contribution in [3.63, 3.8) is 0 Å². The maximum Gasteiger partial charge on any atom is 0.105 e. The number of rotatable bonds is 0. The van der Waals surface area contributed by atoms with E-state index in [4.69, 9.17) is 10.2 Å². The van der Waals surface area contributed by atoms with Crippen LogP contribution in [-0.2, 0) is 4.74 Å². The van der Waals surface area contributed by atoms with Crippen LogP contribution in [0.5, 0.6) is 0 Å². The van der Waals surface area contributed by atoms with Crippen LogP contribution in [-0.4, -0.2) is 35.6 Å². The average molecular weight is 161 g/mol. The zero-order valence-electron chi connectivity index (χ0n) is 6.49. The van der Waals surface area contributed by atoms with E-state index in [1.54, 1.807) is 0 Å². The van der Waals surface area contributed by atoms with Crippen LogP contribution in [0.4, 0.5) is 0 Å². The van der Waals surface area contributed by atoms with Gasteiger partial charge in [0.2, 0.25) is 0 Å². The topological polar surface area (TPSA) is 72.8 Å². The number of aliphatic hydroxyl groups excluding tert-OH is 2. The normalized spacial score (nSPS) is 29.0. The standard InChI is InChI=1S/C4H8O3.C3H6O/c5-3-1-7-2-4(3)6;1-3(2)4/h3-6H,1-2H2;4H,1H2,2H3/p-1. The minimum absolute atomic E-state index is 0.0833. The van der Waals surface area contributed by atoms with Crippen LogP contribution in [0.3, 0.4) is 0 Å². The first-order valence-electron chi connectivity index (χ1n) is 3.30. The van der Waals surface area contributed by atoms with E-state index in [1.807, 2.05) is 0 Å². The Morgan fingerprint density at radius 1 is 1.45 bits per heavy atom. The van der Waals surface area contributed by atoms with Gasteiger partial charge in [-0.1, -0.05) is 6.92 Å². The van der Waals surface area contributed by atoms with Crippen molar-refractivity contribution in [1.82, 2.24) is 0 Å². The van der Waals surface area contributed by atoms with Crippen molar-refractivity contribution in [3.8, 4) is 0 Å². The molecule has 0 spiro atoms. The summed E-state index contributed by atoms with van der Waals surface area (Å²) >= 11 is 0.